The van der Waals surface area contributed by atoms with Gasteiger partial charge in [-0.05, 0) is 50.1 Å². The Hall–Kier alpha value is -2.07. The monoisotopic (exact) mass is 423 g/mol. The summed E-state index contributed by atoms with van der Waals surface area (Å²) in [6, 6.07) is 6.82. The number of fused-ring (bicyclic) bond motifs is 2. The standard InChI is InChI=1S/C20H25N3O.C7H16/c1-4-23(5-2)20(24)14-9-16-15-7-6-8-17-19(15)13(11-21-17)10-18(16)22(3)12-14;1-3-5-7-6-4-2/h6-9,11,14,18,21H,4-5,10,12H2,1-3H3;3-7H2,1-2H3/t14-,18-;/m1./s1. The Balaban J connectivity index is 0.000000339. The van der Waals surface area contributed by atoms with Crippen molar-refractivity contribution in [1.82, 2.24) is 14.8 Å². The smallest absolute Gasteiger partial charge is 0.230 e. The fourth-order valence-electron chi connectivity index (χ4n) is 5.05. The Kier molecular flexibility index (Phi) is 8.36. The summed E-state index contributed by atoms with van der Waals surface area (Å²) in [6.45, 7) is 11.0. The van der Waals surface area contributed by atoms with Crippen molar-refractivity contribution in [2.24, 2.45) is 5.92 Å². The largest absolute Gasteiger partial charge is 0.361 e. The third-order valence-corrected chi connectivity index (χ3v) is 6.87. The number of nitrogens with zero attached hydrogens (tertiary/aromatic N) is 2. The van der Waals surface area contributed by atoms with Crippen molar-refractivity contribution in [1.29, 1.82) is 0 Å². The second-order valence-electron chi connectivity index (χ2n) is 9.00. The molecule has 4 nitrogen and oxygen atoms in total. The van der Waals surface area contributed by atoms with E-state index in [2.05, 4.69) is 75.1 Å². The van der Waals surface area contributed by atoms with E-state index in [1.807, 2.05) is 4.90 Å². The highest BCUT2D eigenvalue weighted by atomic mass is 16.2. The number of hydrogen-bond acceptors (Lipinski definition) is 2. The van der Waals surface area contributed by atoms with Crippen LogP contribution in [-0.2, 0) is 11.2 Å². The van der Waals surface area contributed by atoms with E-state index in [9.17, 15) is 4.79 Å². The number of likely N-dealkylation sites (N-methyl/N-ethyl adjacent to an activating group) is 1. The number of carbonyl (C=O) groups is 1. The molecule has 1 aliphatic heterocycles. The highest BCUT2D eigenvalue weighted by Crippen LogP contribution is 2.40. The van der Waals surface area contributed by atoms with Crippen LogP contribution in [-0.4, -0.2) is 53.4 Å². The summed E-state index contributed by atoms with van der Waals surface area (Å²) < 4.78 is 0. The van der Waals surface area contributed by atoms with Crippen molar-refractivity contribution in [3.63, 3.8) is 0 Å². The molecule has 2 aliphatic rings. The van der Waals surface area contributed by atoms with Gasteiger partial charge in [-0.2, -0.15) is 0 Å². The number of benzene rings is 1. The molecule has 4 heteroatoms. The Labute approximate surface area is 188 Å². The van der Waals surface area contributed by atoms with Gasteiger partial charge >= 0.3 is 0 Å². The van der Waals surface area contributed by atoms with Gasteiger partial charge in [0.25, 0.3) is 0 Å². The van der Waals surface area contributed by atoms with Crippen LogP contribution in [0.15, 0.2) is 30.5 Å². The maximum Gasteiger partial charge on any atom is 0.230 e. The minimum absolute atomic E-state index is 0.0445. The summed E-state index contributed by atoms with van der Waals surface area (Å²) in [4.78, 5) is 20.6. The average molecular weight is 424 g/mol. The molecule has 1 aromatic carbocycles. The Bertz CT molecular complexity index is 889. The van der Waals surface area contributed by atoms with Crippen molar-refractivity contribution in [3.05, 3.63) is 41.6 Å². The van der Waals surface area contributed by atoms with Crippen molar-refractivity contribution in [3.8, 4) is 0 Å². The van der Waals surface area contributed by atoms with Gasteiger partial charge < -0.3 is 9.88 Å². The van der Waals surface area contributed by atoms with E-state index < -0.39 is 0 Å². The van der Waals surface area contributed by atoms with E-state index in [-0.39, 0.29) is 11.8 Å². The number of rotatable bonds is 7. The van der Waals surface area contributed by atoms with Crippen LogP contribution >= 0.6 is 0 Å². The van der Waals surface area contributed by atoms with Crippen molar-refractivity contribution in [2.75, 3.05) is 26.7 Å². The van der Waals surface area contributed by atoms with Crippen LogP contribution in [0.5, 0.6) is 0 Å². The van der Waals surface area contributed by atoms with Crippen molar-refractivity contribution >= 4 is 22.4 Å². The topological polar surface area (TPSA) is 39.3 Å². The summed E-state index contributed by atoms with van der Waals surface area (Å²) in [5.74, 6) is 0.210. The lowest BCUT2D eigenvalue weighted by Gasteiger charge is -2.40. The van der Waals surface area contributed by atoms with Gasteiger partial charge in [-0.3, -0.25) is 9.69 Å². The fourth-order valence-corrected chi connectivity index (χ4v) is 5.05. The van der Waals surface area contributed by atoms with E-state index in [4.69, 9.17) is 0 Å². The van der Waals surface area contributed by atoms with E-state index in [0.29, 0.717) is 6.04 Å². The van der Waals surface area contributed by atoms with Crippen molar-refractivity contribution in [2.45, 2.75) is 72.3 Å². The fraction of sp³-hybridized carbons (Fsp3) is 0.593. The van der Waals surface area contributed by atoms with Crippen LogP contribution in [0.1, 0.15) is 70.9 Å². The first kappa shape index (κ1) is 23.6. The van der Waals surface area contributed by atoms with Gasteiger partial charge in [0, 0.05) is 42.8 Å². The van der Waals surface area contributed by atoms with Gasteiger partial charge in [-0.15, -0.1) is 0 Å². The zero-order chi connectivity index (χ0) is 22.4. The number of carbonyl (C=O) groups excluding carboxylic acids is 1. The van der Waals surface area contributed by atoms with Gasteiger partial charge in [0.15, 0.2) is 0 Å². The molecule has 2 heterocycles. The molecule has 31 heavy (non-hydrogen) atoms. The summed E-state index contributed by atoms with van der Waals surface area (Å²) in [5.41, 5.74) is 5.21. The van der Waals surface area contributed by atoms with Crippen LogP contribution in [0.25, 0.3) is 16.5 Å². The molecule has 0 saturated carbocycles. The van der Waals surface area contributed by atoms with E-state index >= 15 is 0 Å². The molecule has 0 fully saturated rings. The van der Waals surface area contributed by atoms with Crippen LogP contribution in [0.2, 0.25) is 0 Å². The number of amides is 1. The highest BCUT2D eigenvalue weighted by Gasteiger charge is 2.36. The number of aromatic amines is 1. The molecule has 0 bridgehead atoms. The predicted molar refractivity (Wildman–Crippen MR) is 132 cm³/mol. The Morgan fingerprint density at radius 1 is 1.10 bits per heavy atom. The quantitative estimate of drug-likeness (QED) is 0.565. The number of nitrogens with one attached hydrogen (secondary N) is 1. The summed E-state index contributed by atoms with van der Waals surface area (Å²) >= 11 is 0. The normalized spacial score (nSPS) is 20.0. The van der Waals surface area contributed by atoms with Crippen LogP contribution in [0.4, 0.5) is 0 Å². The number of hydrogen-bond donors (Lipinski definition) is 1. The van der Waals surface area contributed by atoms with E-state index in [0.717, 1.165) is 26.1 Å². The molecule has 1 N–H and O–H groups in total. The van der Waals surface area contributed by atoms with E-state index in [1.54, 1.807) is 0 Å². The van der Waals surface area contributed by atoms with Gasteiger partial charge in [0.05, 0.1) is 5.92 Å². The van der Waals surface area contributed by atoms with Gasteiger partial charge in [-0.1, -0.05) is 64.2 Å². The minimum atomic E-state index is -0.0445. The van der Waals surface area contributed by atoms with Crippen LogP contribution < -0.4 is 0 Å². The molecular formula is C27H41N3O. The lowest BCUT2D eigenvalue weighted by molar-refractivity contribution is -0.134. The zero-order valence-electron chi connectivity index (χ0n) is 20.2. The predicted octanol–water partition coefficient (Wildman–Crippen LogP) is 5.88. The van der Waals surface area contributed by atoms with Gasteiger partial charge in [0.2, 0.25) is 5.91 Å². The molecule has 0 radical (unpaired) electrons. The molecule has 170 valence electrons. The first-order valence-corrected chi connectivity index (χ1v) is 12.4. The van der Waals surface area contributed by atoms with Gasteiger partial charge in [-0.25, -0.2) is 0 Å². The van der Waals surface area contributed by atoms with Crippen molar-refractivity contribution < 1.29 is 4.79 Å². The Morgan fingerprint density at radius 3 is 2.45 bits per heavy atom. The molecule has 4 rings (SSSR count). The van der Waals surface area contributed by atoms with Crippen LogP contribution in [0, 0.1) is 5.92 Å². The minimum Gasteiger partial charge on any atom is -0.361 e. The first-order valence-electron chi connectivity index (χ1n) is 12.4. The highest BCUT2D eigenvalue weighted by molar-refractivity contribution is 5.99. The summed E-state index contributed by atoms with van der Waals surface area (Å²) in [6.07, 6.45) is 12.4. The molecule has 1 aliphatic carbocycles. The molecule has 0 unspecified atom stereocenters. The van der Waals surface area contributed by atoms with Gasteiger partial charge in [0.1, 0.15) is 0 Å². The lowest BCUT2D eigenvalue weighted by Crippen LogP contribution is -2.47. The number of unbranched alkanes of at least 4 members (excludes halogenated alkanes) is 4. The lowest BCUT2D eigenvalue weighted by atomic mass is 9.79. The SMILES string of the molecule is CCCCCCC.CCN(CC)C(=O)[C@@H]1C=C2c3cccc4[nH]cc(c34)C[C@H]2N(C)C1. The summed E-state index contributed by atoms with van der Waals surface area (Å²) in [7, 11) is 2.15. The maximum absolute atomic E-state index is 12.9. The molecule has 1 amide bonds. The molecular weight excluding hydrogens is 382 g/mol. The second-order valence-corrected chi connectivity index (χ2v) is 9.00. The molecule has 0 spiro atoms. The van der Waals surface area contributed by atoms with E-state index in [1.165, 1.54) is 59.7 Å². The first-order chi connectivity index (χ1) is 15.0. The second kappa shape index (κ2) is 11.0. The molecule has 1 aromatic heterocycles. The maximum atomic E-state index is 12.9. The zero-order valence-corrected chi connectivity index (χ0v) is 20.2. The molecule has 2 atom stereocenters. The van der Waals surface area contributed by atoms with Crippen LogP contribution in [0.3, 0.4) is 0 Å². The number of H-pyrrole nitrogens is 1. The average Bonchev–Trinajstić information content (AvgIpc) is 3.20. The Morgan fingerprint density at radius 2 is 1.81 bits per heavy atom. The third kappa shape index (κ3) is 5.06. The molecule has 2 aromatic rings. The molecule has 0 saturated heterocycles. The number of aromatic nitrogens is 1. The third-order valence-electron chi connectivity index (χ3n) is 6.87. The summed E-state index contributed by atoms with van der Waals surface area (Å²) in [5, 5.41) is 1.34.